The van der Waals surface area contributed by atoms with E-state index in [4.69, 9.17) is 0 Å². The van der Waals surface area contributed by atoms with E-state index in [2.05, 4.69) is 39.8 Å². The maximum Gasteiger partial charge on any atom is 0.0468 e. The van der Waals surface area contributed by atoms with Crippen molar-refractivity contribution < 1.29 is 5.11 Å². The van der Waals surface area contributed by atoms with Crippen LogP contribution in [0.4, 0.5) is 0 Å². The van der Waals surface area contributed by atoms with E-state index in [1.54, 1.807) is 0 Å². The van der Waals surface area contributed by atoms with Crippen molar-refractivity contribution in [3.63, 3.8) is 0 Å². The van der Waals surface area contributed by atoms with Gasteiger partial charge in [-0.15, -0.1) is 0 Å². The molecule has 0 amide bonds. The van der Waals surface area contributed by atoms with Gasteiger partial charge < -0.3 is 5.11 Å². The second kappa shape index (κ2) is 4.79. The van der Waals surface area contributed by atoms with E-state index < -0.39 is 0 Å². The monoisotopic (exact) mass is 194 g/mol. The van der Waals surface area contributed by atoms with Crippen LogP contribution in [0, 0.1) is 17.8 Å². The highest BCUT2D eigenvalue weighted by atomic mass is 16.3. The van der Waals surface area contributed by atoms with Crippen LogP contribution in [0.3, 0.4) is 0 Å². The van der Waals surface area contributed by atoms with Gasteiger partial charge in [-0.3, -0.25) is 0 Å². The van der Waals surface area contributed by atoms with Gasteiger partial charge in [-0.1, -0.05) is 30.2 Å². The smallest absolute Gasteiger partial charge is 0.0468 e. The zero-order chi connectivity index (χ0) is 10.7. The quantitative estimate of drug-likeness (QED) is 0.669. The van der Waals surface area contributed by atoms with Crippen molar-refractivity contribution in [1.29, 1.82) is 0 Å². The molecular formula is C13H22O. The molecule has 1 N–H and O–H groups in total. The Bertz CT molecular complexity index is 246. The van der Waals surface area contributed by atoms with Crippen LogP contribution in [0.15, 0.2) is 23.3 Å². The van der Waals surface area contributed by atoms with E-state index in [9.17, 15) is 5.11 Å². The molecule has 0 aromatic rings. The predicted molar refractivity (Wildman–Crippen MR) is 61.0 cm³/mol. The molecular weight excluding hydrogens is 172 g/mol. The number of hydrogen-bond donors (Lipinski definition) is 1. The Hall–Kier alpha value is -0.560. The summed E-state index contributed by atoms with van der Waals surface area (Å²) in [6, 6.07) is 0. The summed E-state index contributed by atoms with van der Waals surface area (Å²) in [5, 5.41) is 9.32. The van der Waals surface area contributed by atoms with Gasteiger partial charge >= 0.3 is 0 Å². The Balaban J connectivity index is 2.85. The van der Waals surface area contributed by atoms with Gasteiger partial charge in [0, 0.05) is 12.5 Å². The molecule has 14 heavy (non-hydrogen) atoms. The lowest BCUT2D eigenvalue weighted by Crippen LogP contribution is -2.23. The van der Waals surface area contributed by atoms with Crippen molar-refractivity contribution in [2.24, 2.45) is 17.8 Å². The lowest BCUT2D eigenvalue weighted by atomic mass is 9.76. The van der Waals surface area contributed by atoms with Gasteiger partial charge in [0.25, 0.3) is 0 Å². The van der Waals surface area contributed by atoms with Crippen LogP contribution < -0.4 is 0 Å². The molecule has 1 nitrogen and oxygen atoms in total. The van der Waals surface area contributed by atoms with Gasteiger partial charge in [0.05, 0.1) is 0 Å². The van der Waals surface area contributed by atoms with Gasteiger partial charge in [-0.25, -0.2) is 0 Å². The van der Waals surface area contributed by atoms with Crippen molar-refractivity contribution in [3.8, 4) is 0 Å². The highest BCUT2D eigenvalue weighted by Gasteiger charge is 2.25. The summed E-state index contributed by atoms with van der Waals surface area (Å²) in [6.07, 6.45) is 5.71. The lowest BCUT2D eigenvalue weighted by Gasteiger charge is -2.30. The highest BCUT2D eigenvalue weighted by Crippen LogP contribution is 2.33. The first-order valence-corrected chi connectivity index (χ1v) is 5.48. The van der Waals surface area contributed by atoms with E-state index in [0.29, 0.717) is 24.4 Å². The molecule has 1 aliphatic carbocycles. The number of rotatable bonds is 2. The molecule has 0 heterocycles. The van der Waals surface area contributed by atoms with E-state index in [1.807, 2.05) is 0 Å². The lowest BCUT2D eigenvalue weighted by molar-refractivity contribution is 0.181. The van der Waals surface area contributed by atoms with Gasteiger partial charge in [0.2, 0.25) is 0 Å². The van der Waals surface area contributed by atoms with Gasteiger partial charge in [-0.05, 0) is 39.0 Å². The molecule has 0 aromatic carbocycles. The summed E-state index contributed by atoms with van der Waals surface area (Å²) in [6.45, 7) is 8.99. The molecule has 3 atom stereocenters. The van der Waals surface area contributed by atoms with Crippen molar-refractivity contribution in [2.75, 3.05) is 6.61 Å². The molecule has 0 spiro atoms. The molecule has 0 bridgehead atoms. The second-order valence-electron chi connectivity index (χ2n) is 4.81. The number of hydrogen-bond acceptors (Lipinski definition) is 1. The summed E-state index contributed by atoms with van der Waals surface area (Å²) in [7, 11) is 0. The maximum atomic E-state index is 9.32. The molecule has 0 saturated carbocycles. The van der Waals surface area contributed by atoms with Crippen LogP contribution in [0.2, 0.25) is 0 Å². The van der Waals surface area contributed by atoms with Gasteiger partial charge in [0.15, 0.2) is 0 Å². The zero-order valence-electron chi connectivity index (χ0n) is 9.75. The normalized spacial score (nSPS) is 32.4. The second-order valence-corrected chi connectivity index (χ2v) is 4.81. The fraction of sp³-hybridized carbons (Fsp3) is 0.692. The molecule has 1 aliphatic rings. The van der Waals surface area contributed by atoms with Crippen LogP contribution in [0.5, 0.6) is 0 Å². The number of aliphatic hydroxyl groups excluding tert-OH is 1. The van der Waals surface area contributed by atoms with Crippen LogP contribution in [-0.2, 0) is 0 Å². The van der Waals surface area contributed by atoms with Gasteiger partial charge in [0.1, 0.15) is 0 Å². The van der Waals surface area contributed by atoms with Crippen molar-refractivity contribution >= 4 is 0 Å². The minimum Gasteiger partial charge on any atom is -0.396 e. The third-order valence-corrected chi connectivity index (χ3v) is 3.19. The largest absolute Gasteiger partial charge is 0.396 e. The molecule has 0 aliphatic heterocycles. The summed E-state index contributed by atoms with van der Waals surface area (Å²) in [5.74, 6) is 1.50. The van der Waals surface area contributed by atoms with Crippen LogP contribution >= 0.6 is 0 Å². The van der Waals surface area contributed by atoms with Crippen molar-refractivity contribution in [1.82, 2.24) is 0 Å². The number of allylic oxidation sites excluding steroid dienone is 4. The first kappa shape index (κ1) is 11.5. The standard InChI is InChI=1S/C13H22O/c1-9(2)5-12-6-10(3)11(4)7-13(12)8-14/h5-6,11-14H,7-8H2,1-4H3/t11?,12-,13?/m1/s1. The summed E-state index contributed by atoms with van der Waals surface area (Å²) < 4.78 is 0. The van der Waals surface area contributed by atoms with Crippen molar-refractivity contribution in [2.45, 2.75) is 34.1 Å². The first-order chi connectivity index (χ1) is 6.54. The summed E-state index contributed by atoms with van der Waals surface area (Å²) >= 11 is 0. The topological polar surface area (TPSA) is 20.2 Å². The Kier molecular flexibility index (Phi) is 3.94. The SMILES string of the molecule is CC(C)=C[C@@H]1C=C(C)C(C)CC1CO. The summed E-state index contributed by atoms with van der Waals surface area (Å²) in [4.78, 5) is 0. The Morgan fingerprint density at radius 2 is 2.21 bits per heavy atom. The van der Waals surface area contributed by atoms with Gasteiger partial charge in [-0.2, -0.15) is 0 Å². The minimum absolute atomic E-state index is 0.308. The van der Waals surface area contributed by atoms with Crippen LogP contribution in [0.25, 0.3) is 0 Å². The predicted octanol–water partition coefficient (Wildman–Crippen LogP) is 3.16. The molecule has 0 aromatic heterocycles. The third kappa shape index (κ3) is 2.71. The van der Waals surface area contributed by atoms with Crippen molar-refractivity contribution in [3.05, 3.63) is 23.3 Å². The van der Waals surface area contributed by atoms with E-state index in [-0.39, 0.29) is 0 Å². The Labute approximate surface area is 87.5 Å². The maximum absolute atomic E-state index is 9.32. The average Bonchev–Trinajstić information content (AvgIpc) is 2.10. The van der Waals surface area contributed by atoms with Crippen LogP contribution in [-0.4, -0.2) is 11.7 Å². The Morgan fingerprint density at radius 3 is 2.71 bits per heavy atom. The molecule has 1 heteroatoms. The highest BCUT2D eigenvalue weighted by molar-refractivity contribution is 5.17. The molecule has 0 saturated heterocycles. The van der Waals surface area contributed by atoms with E-state index in [1.165, 1.54) is 11.1 Å². The molecule has 1 rings (SSSR count). The molecule has 80 valence electrons. The fourth-order valence-electron chi connectivity index (χ4n) is 2.17. The molecule has 0 radical (unpaired) electrons. The van der Waals surface area contributed by atoms with E-state index in [0.717, 1.165) is 6.42 Å². The average molecular weight is 194 g/mol. The molecule has 0 fully saturated rings. The third-order valence-electron chi connectivity index (χ3n) is 3.19. The number of aliphatic hydroxyl groups is 1. The zero-order valence-corrected chi connectivity index (χ0v) is 9.75. The van der Waals surface area contributed by atoms with Crippen LogP contribution in [0.1, 0.15) is 34.1 Å². The Morgan fingerprint density at radius 1 is 1.57 bits per heavy atom. The first-order valence-electron chi connectivity index (χ1n) is 5.48. The summed E-state index contributed by atoms with van der Waals surface area (Å²) in [5.41, 5.74) is 2.81. The fourth-order valence-corrected chi connectivity index (χ4v) is 2.17. The molecule has 2 unspecified atom stereocenters. The van der Waals surface area contributed by atoms with E-state index >= 15 is 0 Å². The minimum atomic E-state index is 0.308.